The van der Waals surface area contributed by atoms with Gasteiger partial charge in [0.15, 0.2) is 0 Å². The van der Waals surface area contributed by atoms with E-state index in [1.54, 1.807) is 22.0 Å². The summed E-state index contributed by atoms with van der Waals surface area (Å²) in [5.41, 5.74) is 1.05. The van der Waals surface area contributed by atoms with Crippen LogP contribution in [0.15, 0.2) is 61.3 Å². The summed E-state index contributed by atoms with van der Waals surface area (Å²) in [7, 11) is 0. The van der Waals surface area contributed by atoms with Gasteiger partial charge in [-0.05, 0) is 24.3 Å². The van der Waals surface area contributed by atoms with Crippen LogP contribution in [0.3, 0.4) is 0 Å². The smallest absolute Gasteiger partial charge is 0.0662 e. The monoisotopic (exact) mass is 254 g/mol. The molecule has 96 valence electrons. The van der Waals surface area contributed by atoms with Crippen LogP contribution in [0.1, 0.15) is 5.69 Å². The maximum atomic E-state index is 4.33. The molecule has 3 aromatic heterocycles. The van der Waals surface area contributed by atoms with Crippen molar-refractivity contribution in [3.05, 3.63) is 67.0 Å². The fraction of sp³-hybridized carbons (Fsp3) is 0.154. The Kier molecular flexibility index (Phi) is 3.22. The Hall–Kier alpha value is -2.63. The lowest BCUT2D eigenvalue weighted by molar-refractivity contribution is 0.431. The van der Waals surface area contributed by atoms with E-state index in [9.17, 15) is 0 Å². The second-order valence-electron chi connectivity index (χ2n) is 4.02. The summed E-state index contributed by atoms with van der Waals surface area (Å²) in [4.78, 5) is 7.85. The summed E-state index contributed by atoms with van der Waals surface area (Å²) >= 11 is 0. The van der Waals surface area contributed by atoms with Gasteiger partial charge in [0.25, 0.3) is 0 Å². The van der Waals surface area contributed by atoms with E-state index in [4.69, 9.17) is 0 Å². The highest BCUT2D eigenvalue weighted by atomic mass is 15.9. The van der Waals surface area contributed by atoms with Crippen LogP contribution < -0.4 is 5.12 Å². The Morgan fingerprint density at radius 2 is 1.63 bits per heavy atom. The van der Waals surface area contributed by atoms with Gasteiger partial charge in [-0.25, -0.2) is 0 Å². The summed E-state index contributed by atoms with van der Waals surface area (Å²) in [6.07, 6.45) is 9.90. The minimum atomic E-state index is 0.736. The van der Waals surface area contributed by atoms with Crippen LogP contribution in [0.4, 0.5) is 0 Å². The zero-order valence-corrected chi connectivity index (χ0v) is 10.4. The minimum absolute atomic E-state index is 0.736. The number of pyridine rings is 1. The van der Waals surface area contributed by atoms with Crippen LogP contribution in [-0.4, -0.2) is 31.3 Å². The van der Waals surface area contributed by atoms with Gasteiger partial charge in [-0.2, -0.15) is 24.9 Å². The lowest BCUT2D eigenvalue weighted by Gasteiger charge is -2.23. The second kappa shape index (κ2) is 5.34. The topological polar surface area (TPSA) is 51.8 Å². The Labute approximate surface area is 110 Å². The predicted octanol–water partition coefficient (Wildman–Crippen LogP) is 1.12. The quantitative estimate of drug-likeness (QED) is 0.684. The number of aromatic nitrogens is 5. The summed E-state index contributed by atoms with van der Waals surface area (Å²) in [6.45, 7) is 0.736. The molecule has 0 aromatic carbocycles. The van der Waals surface area contributed by atoms with Crippen LogP contribution in [0.2, 0.25) is 0 Å². The van der Waals surface area contributed by atoms with E-state index in [1.165, 1.54) is 0 Å². The third kappa shape index (κ3) is 2.62. The van der Waals surface area contributed by atoms with Gasteiger partial charge in [0.05, 0.1) is 31.3 Å². The Morgan fingerprint density at radius 3 is 2.16 bits per heavy atom. The van der Waals surface area contributed by atoms with Crippen LogP contribution in [0.5, 0.6) is 0 Å². The highest BCUT2D eigenvalue weighted by Gasteiger charge is 2.08. The van der Waals surface area contributed by atoms with Gasteiger partial charge in [0, 0.05) is 18.3 Å². The molecule has 3 heterocycles. The molecule has 0 N–H and O–H groups in total. The van der Waals surface area contributed by atoms with Crippen molar-refractivity contribution in [2.45, 2.75) is 6.42 Å². The zero-order chi connectivity index (χ0) is 12.9. The molecule has 0 aliphatic rings. The van der Waals surface area contributed by atoms with Gasteiger partial charge in [-0.1, -0.05) is 6.07 Å². The normalized spacial score (nSPS) is 10.5. The van der Waals surface area contributed by atoms with Gasteiger partial charge in [0.2, 0.25) is 0 Å². The molecule has 0 radical (unpaired) electrons. The molecule has 0 bridgehead atoms. The number of nitrogens with zero attached hydrogens (tertiary/aromatic N) is 6. The summed E-state index contributed by atoms with van der Waals surface area (Å²) in [5.74, 6) is 0. The molecule has 19 heavy (non-hydrogen) atoms. The maximum absolute atomic E-state index is 4.33. The first-order valence-corrected chi connectivity index (χ1v) is 6.11. The average molecular weight is 254 g/mol. The maximum Gasteiger partial charge on any atom is 0.0662 e. The first kappa shape index (κ1) is 11.5. The summed E-state index contributed by atoms with van der Waals surface area (Å²) < 4.78 is 0. The van der Waals surface area contributed by atoms with Crippen molar-refractivity contribution in [1.82, 2.24) is 24.8 Å². The molecule has 6 nitrogen and oxygen atoms in total. The van der Waals surface area contributed by atoms with Crippen molar-refractivity contribution in [3.8, 4) is 0 Å². The van der Waals surface area contributed by atoms with E-state index in [0.717, 1.165) is 18.7 Å². The predicted molar refractivity (Wildman–Crippen MR) is 70.9 cm³/mol. The molecule has 3 aromatic rings. The summed E-state index contributed by atoms with van der Waals surface area (Å²) in [5, 5.41) is 10.4. The molecule has 0 atom stereocenters. The fourth-order valence-electron chi connectivity index (χ4n) is 1.85. The van der Waals surface area contributed by atoms with E-state index in [-0.39, 0.29) is 0 Å². The van der Waals surface area contributed by atoms with Crippen molar-refractivity contribution < 1.29 is 0 Å². The average Bonchev–Trinajstić information content (AvgIpc) is 3.13. The molecule has 0 aliphatic carbocycles. The lowest BCUT2D eigenvalue weighted by Crippen LogP contribution is -2.41. The molecule has 0 aliphatic heterocycles. The van der Waals surface area contributed by atoms with Crippen LogP contribution >= 0.6 is 0 Å². The van der Waals surface area contributed by atoms with Gasteiger partial charge in [-0.3, -0.25) is 4.98 Å². The van der Waals surface area contributed by atoms with Gasteiger partial charge < -0.3 is 0 Å². The van der Waals surface area contributed by atoms with Crippen LogP contribution in [-0.2, 0) is 6.42 Å². The van der Waals surface area contributed by atoms with Crippen molar-refractivity contribution in [2.24, 2.45) is 0 Å². The Morgan fingerprint density at radius 1 is 0.895 bits per heavy atom. The van der Waals surface area contributed by atoms with E-state index >= 15 is 0 Å². The minimum Gasteiger partial charge on any atom is -0.261 e. The summed E-state index contributed by atoms with van der Waals surface area (Å²) in [6, 6.07) is 9.70. The Bertz CT molecular complexity index is 553. The first-order chi connectivity index (χ1) is 9.43. The number of hydrogen-bond donors (Lipinski definition) is 0. The van der Waals surface area contributed by atoms with Gasteiger partial charge >= 0.3 is 0 Å². The molecule has 0 unspecified atom stereocenters. The molecular formula is C13H14N6. The number of hydrogen-bond acceptors (Lipinski definition) is 4. The molecule has 0 saturated carbocycles. The largest absolute Gasteiger partial charge is 0.261 e. The lowest BCUT2D eigenvalue weighted by atomic mass is 10.3. The number of rotatable bonds is 5. The van der Waals surface area contributed by atoms with Crippen LogP contribution in [0.25, 0.3) is 0 Å². The zero-order valence-electron chi connectivity index (χ0n) is 10.4. The highest BCUT2D eigenvalue weighted by Crippen LogP contribution is 1.99. The van der Waals surface area contributed by atoms with Gasteiger partial charge in [0.1, 0.15) is 0 Å². The Balaban J connectivity index is 1.77. The molecule has 6 heteroatoms. The standard InChI is InChI=1S/C13H14N6/c1-2-7-14-13(5-1)6-12-19(17-10-3-8-15-17)18-11-4-9-16-18/h1-5,7-11H,6,12H2. The van der Waals surface area contributed by atoms with E-state index in [0.29, 0.717) is 0 Å². The molecule has 3 rings (SSSR count). The van der Waals surface area contributed by atoms with E-state index in [2.05, 4.69) is 15.2 Å². The third-order valence-electron chi connectivity index (χ3n) is 2.75. The second-order valence-corrected chi connectivity index (χ2v) is 4.02. The SMILES string of the molecule is c1ccc(CCN(n2cccn2)n2cccn2)nc1. The van der Waals surface area contributed by atoms with Gasteiger partial charge in [-0.15, -0.1) is 0 Å². The first-order valence-electron chi connectivity index (χ1n) is 6.11. The third-order valence-corrected chi connectivity index (χ3v) is 2.75. The van der Waals surface area contributed by atoms with Crippen LogP contribution in [0, 0.1) is 0 Å². The molecule has 0 spiro atoms. The van der Waals surface area contributed by atoms with Crippen molar-refractivity contribution in [1.29, 1.82) is 0 Å². The molecule has 0 saturated heterocycles. The van der Waals surface area contributed by atoms with Crippen molar-refractivity contribution in [2.75, 3.05) is 11.7 Å². The van der Waals surface area contributed by atoms with Crippen molar-refractivity contribution in [3.63, 3.8) is 0 Å². The fourth-order valence-corrected chi connectivity index (χ4v) is 1.85. The highest BCUT2D eigenvalue weighted by molar-refractivity contribution is 5.05. The molecule has 0 amide bonds. The molecule has 0 fully saturated rings. The van der Waals surface area contributed by atoms with Crippen molar-refractivity contribution >= 4 is 0 Å². The van der Waals surface area contributed by atoms with E-state index < -0.39 is 0 Å². The van der Waals surface area contributed by atoms with E-state index in [1.807, 2.05) is 54.0 Å². The molecular weight excluding hydrogens is 240 g/mol.